The van der Waals surface area contributed by atoms with E-state index in [2.05, 4.69) is 5.32 Å². The number of hydrogen-bond acceptors (Lipinski definition) is 3. The van der Waals surface area contributed by atoms with Gasteiger partial charge in [-0.3, -0.25) is 9.59 Å². The predicted molar refractivity (Wildman–Crippen MR) is 113 cm³/mol. The van der Waals surface area contributed by atoms with Gasteiger partial charge in [-0.1, -0.05) is 29.8 Å². The van der Waals surface area contributed by atoms with Gasteiger partial charge in [-0.25, -0.2) is 4.39 Å². The molecule has 1 aromatic heterocycles. The van der Waals surface area contributed by atoms with Crippen molar-refractivity contribution in [3.8, 4) is 0 Å². The van der Waals surface area contributed by atoms with Crippen LogP contribution >= 0.6 is 22.9 Å². The molecule has 0 fully saturated rings. The molecule has 0 aliphatic carbocycles. The zero-order chi connectivity index (χ0) is 20.4. The maximum absolute atomic E-state index is 13.9. The molecule has 0 saturated heterocycles. The molecule has 0 saturated carbocycles. The van der Waals surface area contributed by atoms with Crippen LogP contribution in [0.3, 0.4) is 0 Å². The van der Waals surface area contributed by atoms with Gasteiger partial charge in [-0.05, 0) is 53.3 Å². The van der Waals surface area contributed by atoms with Crippen molar-refractivity contribution in [3.05, 3.63) is 86.3 Å². The van der Waals surface area contributed by atoms with Gasteiger partial charge in [0.1, 0.15) is 5.82 Å². The molecule has 1 aliphatic heterocycles. The van der Waals surface area contributed by atoms with Gasteiger partial charge >= 0.3 is 0 Å². The molecule has 0 radical (unpaired) electrons. The van der Waals surface area contributed by atoms with Crippen molar-refractivity contribution in [2.45, 2.75) is 19.4 Å². The molecule has 4 rings (SSSR count). The Hall–Kier alpha value is -2.70. The van der Waals surface area contributed by atoms with Crippen LogP contribution in [0.25, 0.3) is 0 Å². The number of nitrogens with one attached hydrogen (secondary N) is 1. The van der Waals surface area contributed by atoms with E-state index in [1.807, 2.05) is 40.6 Å². The summed E-state index contributed by atoms with van der Waals surface area (Å²) in [5.74, 6) is -0.825. The number of amides is 2. The normalized spacial score (nSPS) is 13.1. The summed E-state index contributed by atoms with van der Waals surface area (Å²) in [6, 6.07) is 13.7. The highest BCUT2D eigenvalue weighted by Gasteiger charge is 2.23. The van der Waals surface area contributed by atoms with Gasteiger partial charge in [0, 0.05) is 29.4 Å². The van der Waals surface area contributed by atoms with E-state index in [1.54, 1.807) is 6.07 Å². The van der Waals surface area contributed by atoms with Crippen molar-refractivity contribution in [2.24, 2.45) is 0 Å². The van der Waals surface area contributed by atoms with Gasteiger partial charge < -0.3 is 10.2 Å². The van der Waals surface area contributed by atoms with Gasteiger partial charge in [-0.2, -0.15) is 0 Å². The summed E-state index contributed by atoms with van der Waals surface area (Å²) in [6.45, 7) is 1.16. The summed E-state index contributed by atoms with van der Waals surface area (Å²) in [6.07, 6.45) is 0.622. The number of benzene rings is 2. The van der Waals surface area contributed by atoms with Gasteiger partial charge in [-0.15, -0.1) is 11.3 Å². The topological polar surface area (TPSA) is 49.4 Å². The number of fused-ring (bicyclic) bond motifs is 1. The smallest absolute Gasteiger partial charge is 0.264 e. The second-order valence-corrected chi connectivity index (χ2v) is 8.22. The Morgan fingerprint density at radius 2 is 2.00 bits per heavy atom. The fourth-order valence-corrected chi connectivity index (χ4v) is 4.35. The molecule has 29 heavy (non-hydrogen) atoms. The van der Waals surface area contributed by atoms with Gasteiger partial charge in [0.15, 0.2) is 0 Å². The number of nitrogens with zero attached hydrogens (tertiary/aromatic N) is 1. The number of anilines is 1. The lowest BCUT2D eigenvalue weighted by molar-refractivity contribution is -0.115. The summed E-state index contributed by atoms with van der Waals surface area (Å²) in [7, 11) is 0. The first-order valence-electron chi connectivity index (χ1n) is 9.18. The molecule has 0 spiro atoms. The quantitative estimate of drug-likeness (QED) is 0.641. The standard InChI is InChI=1S/C22H18ClFN2O2S/c23-18-3-1-4-19(24)17(18)12-21(27)25-16-7-6-14-8-9-26(13-15(14)11-16)22(28)20-5-2-10-29-20/h1-7,10-11H,8-9,12-13H2,(H,25,27). The maximum Gasteiger partial charge on any atom is 0.264 e. The maximum atomic E-state index is 13.9. The van der Waals surface area contributed by atoms with Crippen molar-refractivity contribution in [1.82, 2.24) is 4.90 Å². The third-order valence-electron chi connectivity index (χ3n) is 4.92. The van der Waals surface area contributed by atoms with Crippen LogP contribution in [0.2, 0.25) is 5.02 Å². The molecule has 2 aromatic carbocycles. The molecule has 1 N–H and O–H groups in total. The van der Waals surface area contributed by atoms with E-state index in [0.29, 0.717) is 18.8 Å². The lowest BCUT2D eigenvalue weighted by Crippen LogP contribution is -2.35. The SMILES string of the molecule is O=C(Cc1c(F)cccc1Cl)Nc1ccc2c(c1)CN(C(=O)c1cccs1)CC2. The largest absolute Gasteiger partial charge is 0.333 e. The van der Waals surface area contributed by atoms with E-state index in [1.165, 1.54) is 23.5 Å². The average molecular weight is 429 g/mol. The molecule has 2 heterocycles. The first-order chi connectivity index (χ1) is 14.0. The van der Waals surface area contributed by atoms with Crippen molar-refractivity contribution < 1.29 is 14.0 Å². The highest BCUT2D eigenvalue weighted by molar-refractivity contribution is 7.12. The molecule has 2 amide bonds. The average Bonchev–Trinajstić information content (AvgIpc) is 3.24. The zero-order valence-electron chi connectivity index (χ0n) is 15.5. The van der Waals surface area contributed by atoms with Crippen LogP contribution < -0.4 is 5.32 Å². The summed E-state index contributed by atoms with van der Waals surface area (Å²) in [5, 5.41) is 4.92. The Morgan fingerprint density at radius 1 is 1.14 bits per heavy atom. The highest BCUT2D eigenvalue weighted by atomic mass is 35.5. The van der Waals surface area contributed by atoms with Crippen molar-refractivity contribution >= 4 is 40.4 Å². The minimum absolute atomic E-state index is 0.0225. The number of rotatable bonds is 4. The van der Waals surface area contributed by atoms with Gasteiger partial charge in [0.05, 0.1) is 11.3 Å². The van der Waals surface area contributed by atoms with Crippen molar-refractivity contribution in [1.29, 1.82) is 0 Å². The van der Waals surface area contributed by atoms with Crippen LogP contribution in [0.5, 0.6) is 0 Å². The van der Waals surface area contributed by atoms with Gasteiger partial charge in [0.2, 0.25) is 5.91 Å². The number of carbonyl (C=O) groups is 2. The van der Waals surface area contributed by atoms with E-state index < -0.39 is 5.82 Å². The molecule has 148 valence electrons. The van der Waals surface area contributed by atoms with Crippen LogP contribution in [-0.4, -0.2) is 23.3 Å². The second-order valence-electron chi connectivity index (χ2n) is 6.86. The highest BCUT2D eigenvalue weighted by Crippen LogP contribution is 2.25. The van der Waals surface area contributed by atoms with E-state index in [0.717, 1.165) is 22.4 Å². The van der Waals surface area contributed by atoms with E-state index in [9.17, 15) is 14.0 Å². The Bertz CT molecular complexity index is 1050. The van der Waals surface area contributed by atoms with E-state index in [4.69, 9.17) is 11.6 Å². The molecule has 0 bridgehead atoms. The molecule has 1 aliphatic rings. The second kappa shape index (κ2) is 8.35. The number of carbonyl (C=O) groups excluding carboxylic acids is 2. The molecule has 7 heteroatoms. The minimum Gasteiger partial charge on any atom is -0.333 e. The van der Waals surface area contributed by atoms with Gasteiger partial charge in [0.25, 0.3) is 5.91 Å². The summed E-state index contributed by atoms with van der Waals surface area (Å²) in [4.78, 5) is 27.5. The zero-order valence-corrected chi connectivity index (χ0v) is 17.0. The first-order valence-corrected chi connectivity index (χ1v) is 10.4. The van der Waals surface area contributed by atoms with Crippen LogP contribution in [0.15, 0.2) is 53.9 Å². The summed E-state index contributed by atoms with van der Waals surface area (Å²) >= 11 is 7.43. The first kappa shape index (κ1) is 19.6. The molecule has 0 atom stereocenters. The number of halogens is 2. The molecule has 4 nitrogen and oxygen atoms in total. The fraction of sp³-hybridized carbons (Fsp3) is 0.182. The minimum atomic E-state index is -0.499. The van der Waals surface area contributed by atoms with E-state index in [-0.39, 0.29) is 28.8 Å². The Kier molecular flexibility index (Phi) is 5.65. The summed E-state index contributed by atoms with van der Waals surface area (Å²) in [5.41, 5.74) is 2.96. The summed E-state index contributed by atoms with van der Waals surface area (Å²) < 4.78 is 13.9. The Morgan fingerprint density at radius 3 is 2.76 bits per heavy atom. The monoisotopic (exact) mass is 428 g/mol. The van der Waals surface area contributed by atoms with E-state index >= 15 is 0 Å². The Balaban J connectivity index is 1.46. The van der Waals surface area contributed by atoms with Crippen LogP contribution in [-0.2, 0) is 24.2 Å². The Labute approximate surface area is 176 Å². The number of thiophene rings is 1. The molecule has 0 unspecified atom stereocenters. The third-order valence-corrected chi connectivity index (χ3v) is 6.13. The predicted octanol–water partition coefficient (Wildman–Crippen LogP) is 4.92. The molecular formula is C22H18ClFN2O2S. The fourth-order valence-electron chi connectivity index (χ4n) is 3.43. The lowest BCUT2D eigenvalue weighted by atomic mass is 9.98. The van der Waals surface area contributed by atoms with Crippen LogP contribution in [0.1, 0.15) is 26.4 Å². The lowest BCUT2D eigenvalue weighted by Gasteiger charge is -2.29. The molecule has 3 aromatic rings. The van der Waals surface area contributed by atoms with Crippen LogP contribution in [0, 0.1) is 5.82 Å². The van der Waals surface area contributed by atoms with Crippen molar-refractivity contribution in [2.75, 3.05) is 11.9 Å². The van der Waals surface area contributed by atoms with Crippen molar-refractivity contribution in [3.63, 3.8) is 0 Å². The number of hydrogen-bond donors (Lipinski definition) is 1. The third kappa shape index (κ3) is 4.33. The van der Waals surface area contributed by atoms with Crippen LogP contribution in [0.4, 0.5) is 10.1 Å². The molecular weight excluding hydrogens is 411 g/mol.